The maximum Gasteiger partial charge on any atom is 0.191 e. The average molecular weight is 251 g/mol. The van der Waals surface area contributed by atoms with Gasteiger partial charge in [-0.3, -0.25) is 9.89 Å². The van der Waals surface area contributed by atoms with Gasteiger partial charge in [0, 0.05) is 32.2 Å². The molecular weight excluding hydrogens is 226 g/mol. The van der Waals surface area contributed by atoms with Crippen molar-refractivity contribution >= 4 is 5.96 Å². The van der Waals surface area contributed by atoms with E-state index < -0.39 is 0 Å². The van der Waals surface area contributed by atoms with Crippen LogP contribution in [0.3, 0.4) is 0 Å². The molecule has 2 N–H and O–H groups in total. The maximum atomic E-state index is 6.10. The van der Waals surface area contributed by atoms with Crippen molar-refractivity contribution in [2.24, 2.45) is 10.7 Å². The lowest BCUT2D eigenvalue weighted by atomic mass is 9.97. The molecule has 5 heteroatoms. The molecule has 2 heterocycles. The summed E-state index contributed by atoms with van der Waals surface area (Å²) in [6, 6.07) is 0.863. The van der Waals surface area contributed by atoms with E-state index in [1.807, 2.05) is 0 Å². The molecule has 102 valence electrons. The monoisotopic (exact) mass is 251 g/mol. The molecule has 1 atom stereocenters. The molecule has 0 amide bonds. The van der Waals surface area contributed by atoms with E-state index in [-0.39, 0.29) is 5.54 Å². The van der Waals surface area contributed by atoms with Crippen LogP contribution in [-0.4, -0.2) is 79.1 Å². The molecule has 3 aliphatic rings. The smallest absolute Gasteiger partial charge is 0.191 e. The van der Waals surface area contributed by atoms with Crippen molar-refractivity contribution in [3.63, 3.8) is 0 Å². The van der Waals surface area contributed by atoms with Crippen LogP contribution in [0, 0.1) is 0 Å². The third-order valence-corrected chi connectivity index (χ3v) is 4.58. The van der Waals surface area contributed by atoms with Crippen LogP contribution in [0.4, 0.5) is 0 Å². The predicted molar refractivity (Wildman–Crippen MR) is 73.7 cm³/mol. The van der Waals surface area contributed by atoms with Gasteiger partial charge in [-0.15, -0.1) is 0 Å². The van der Waals surface area contributed by atoms with Crippen molar-refractivity contribution in [1.82, 2.24) is 14.7 Å². The largest absolute Gasteiger partial charge is 0.370 e. The molecule has 2 aliphatic heterocycles. The van der Waals surface area contributed by atoms with Crippen LogP contribution < -0.4 is 5.73 Å². The predicted octanol–water partition coefficient (Wildman–Crippen LogP) is -0.215. The molecule has 2 fully saturated rings. The number of likely N-dealkylation sites (tertiary alicyclic amines) is 1. The van der Waals surface area contributed by atoms with E-state index in [0.717, 1.165) is 38.2 Å². The minimum absolute atomic E-state index is 0.211. The Morgan fingerprint density at radius 1 is 1.44 bits per heavy atom. The van der Waals surface area contributed by atoms with Crippen LogP contribution in [0.5, 0.6) is 0 Å². The third-order valence-electron chi connectivity index (χ3n) is 4.58. The van der Waals surface area contributed by atoms with E-state index in [0.29, 0.717) is 0 Å². The quantitative estimate of drug-likeness (QED) is 0.751. The molecule has 0 radical (unpaired) electrons. The Kier molecular flexibility index (Phi) is 2.98. The molecule has 1 saturated heterocycles. The zero-order valence-corrected chi connectivity index (χ0v) is 11.6. The Hall–Kier alpha value is -0.810. The average Bonchev–Trinajstić information content (AvgIpc) is 3.02. The van der Waals surface area contributed by atoms with Crippen LogP contribution in [0.15, 0.2) is 4.99 Å². The summed E-state index contributed by atoms with van der Waals surface area (Å²) in [7, 11) is 4.22. The number of aliphatic imine (C=N–C) groups is 1. The Bertz CT molecular complexity index is 349. The molecule has 0 aromatic rings. The van der Waals surface area contributed by atoms with Gasteiger partial charge in [0.25, 0.3) is 0 Å². The number of nitrogens with zero attached hydrogens (tertiary/aromatic N) is 4. The summed E-state index contributed by atoms with van der Waals surface area (Å²) >= 11 is 0. The fourth-order valence-electron chi connectivity index (χ4n) is 3.28. The summed E-state index contributed by atoms with van der Waals surface area (Å²) in [5.74, 6) is 0.759. The number of hydrogen-bond acceptors (Lipinski definition) is 5. The molecular formula is C13H25N5. The van der Waals surface area contributed by atoms with Gasteiger partial charge in [-0.25, -0.2) is 0 Å². The van der Waals surface area contributed by atoms with Crippen molar-refractivity contribution in [2.45, 2.75) is 30.8 Å². The first-order valence-corrected chi connectivity index (χ1v) is 7.07. The molecule has 0 aromatic carbocycles. The lowest BCUT2D eigenvalue weighted by Crippen LogP contribution is -2.55. The zero-order chi connectivity index (χ0) is 12.8. The summed E-state index contributed by atoms with van der Waals surface area (Å²) in [6.07, 6.45) is 4.01. The SMILES string of the molecule is CN(C)CCN1C(N)=NCC12CCN(C1CC1)C2. The van der Waals surface area contributed by atoms with Crippen molar-refractivity contribution in [2.75, 3.05) is 46.8 Å². The van der Waals surface area contributed by atoms with E-state index in [1.54, 1.807) is 0 Å². The normalized spacial score (nSPS) is 32.8. The lowest BCUT2D eigenvalue weighted by Gasteiger charge is -2.36. The number of rotatable bonds is 4. The fraction of sp³-hybridized carbons (Fsp3) is 0.923. The van der Waals surface area contributed by atoms with E-state index in [2.05, 4.69) is 33.8 Å². The summed E-state index contributed by atoms with van der Waals surface area (Å²) < 4.78 is 0. The van der Waals surface area contributed by atoms with Gasteiger partial charge >= 0.3 is 0 Å². The molecule has 18 heavy (non-hydrogen) atoms. The van der Waals surface area contributed by atoms with Gasteiger partial charge in [0.05, 0.1) is 12.1 Å². The minimum Gasteiger partial charge on any atom is -0.370 e. The Balaban J connectivity index is 1.67. The lowest BCUT2D eigenvalue weighted by molar-refractivity contribution is 0.180. The molecule has 0 bridgehead atoms. The van der Waals surface area contributed by atoms with E-state index in [4.69, 9.17) is 5.73 Å². The number of likely N-dealkylation sites (N-methyl/N-ethyl adjacent to an activating group) is 1. The minimum atomic E-state index is 0.211. The van der Waals surface area contributed by atoms with Gasteiger partial charge < -0.3 is 15.5 Å². The van der Waals surface area contributed by atoms with Gasteiger partial charge in [-0.1, -0.05) is 0 Å². The van der Waals surface area contributed by atoms with E-state index >= 15 is 0 Å². The molecule has 1 spiro atoms. The van der Waals surface area contributed by atoms with Crippen molar-refractivity contribution in [3.8, 4) is 0 Å². The highest BCUT2D eigenvalue weighted by Gasteiger charge is 2.49. The van der Waals surface area contributed by atoms with Gasteiger partial charge in [-0.2, -0.15) is 0 Å². The highest BCUT2D eigenvalue weighted by molar-refractivity contribution is 5.81. The number of nitrogens with two attached hydrogens (primary N) is 1. The van der Waals surface area contributed by atoms with Gasteiger partial charge in [0.15, 0.2) is 5.96 Å². The third kappa shape index (κ3) is 2.10. The highest BCUT2D eigenvalue weighted by Crippen LogP contribution is 2.38. The van der Waals surface area contributed by atoms with Gasteiger partial charge in [0.2, 0.25) is 0 Å². The second-order valence-corrected chi connectivity index (χ2v) is 6.31. The van der Waals surface area contributed by atoms with Crippen LogP contribution in [0.25, 0.3) is 0 Å². The molecule has 1 saturated carbocycles. The molecule has 1 unspecified atom stereocenters. The topological polar surface area (TPSA) is 48.1 Å². The fourth-order valence-corrected chi connectivity index (χ4v) is 3.28. The summed E-state index contributed by atoms with van der Waals surface area (Å²) in [5.41, 5.74) is 6.31. The molecule has 5 nitrogen and oxygen atoms in total. The zero-order valence-electron chi connectivity index (χ0n) is 11.6. The van der Waals surface area contributed by atoms with Crippen LogP contribution >= 0.6 is 0 Å². The first-order valence-electron chi connectivity index (χ1n) is 7.07. The second-order valence-electron chi connectivity index (χ2n) is 6.31. The van der Waals surface area contributed by atoms with E-state index in [1.165, 1.54) is 25.8 Å². The Morgan fingerprint density at radius 3 is 2.89 bits per heavy atom. The summed E-state index contributed by atoms with van der Waals surface area (Å²) in [4.78, 5) is 11.8. The number of hydrogen-bond donors (Lipinski definition) is 1. The van der Waals surface area contributed by atoms with Gasteiger partial charge in [-0.05, 0) is 33.4 Å². The Morgan fingerprint density at radius 2 is 2.22 bits per heavy atom. The van der Waals surface area contributed by atoms with Gasteiger partial charge in [0.1, 0.15) is 0 Å². The van der Waals surface area contributed by atoms with Crippen molar-refractivity contribution in [1.29, 1.82) is 0 Å². The summed E-state index contributed by atoms with van der Waals surface area (Å²) in [5, 5.41) is 0. The molecule has 3 rings (SSSR count). The van der Waals surface area contributed by atoms with Crippen LogP contribution in [0.2, 0.25) is 0 Å². The first-order chi connectivity index (χ1) is 8.61. The number of guanidine groups is 1. The highest BCUT2D eigenvalue weighted by atomic mass is 15.4. The van der Waals surface area contributed by atoms with Crippen LogP contribution in [0.1, 0.15) is 19.3 Å². The Labute approximate surface area is 110 Å². The second kappa shape index (κ2) is 4.38. The van der Waals surface area contributed by atoms with Crippen molar-refractivity contribution in [3.05, 3.63) is 0 Å². The van der Waals surface area contributed by atoms with Crippen LogP contribution in [-0.2, 0) is 0 Å². The molecule has 1 aliphatic carbocycles. The summed E-state index contributed by atoms with van der Waals surface area (Å²) in [6.45, 7) is 5.33. The first kappa shape index (κ1) is 12.2. The standard InChI is InChI=1S/C13H25N5/c1-16(2)7-8-18-12(14)15-9-13(18)5-6-17(10-13)11-3-4-11/h11H,3-10H2,1-2H3,(H2,14,15). The van der Waals surface area contributed by atoms with E-state index in [9.17, 15) is 0 Å². The van der Waals surface area contributed by atoms with Crippen molar-refractivity contribution < 1.29 is 0 Å². The maximum absolute atomic E-state index is 6.10. The molecule has 0 aromatic heterocycles.